The number of aromatic hydroxyl groups is 1. The molecule has 0 bridgehead atoms. The fraction of sp³-hybridized carbons (Fsp3) is 0.0667. The minimum absolute atomic E-state index is 0.00196. The van der Waals surface area contributed by atoms with E-state index in [9.17, 15) is 14.3 Å². The average Bonchev–Trinajstić information content (AvgIpc) is 2.50. The Balaban J connectivity index is 2.04. The maximum absolute atomic E-state index is 12.8. The van der Waals surface area contributed by atoms with Crippen LogP contribution in [-0.4, -0.2) is 23.2 Å². The first-order valence-corrected chi connectivity index (χ1v) is 6.65. The third kappa shape index (κ3) is 3.92. The zero-order valence-electron chi connectivity index (χ0n) is 11.6. The lowest BCUT2D eigenvalue weighted by atomic mass is 10.2. The summed E-state index contributed by atoms with van der Waals surface area (Å²) in [5.74, 6) is -0.439. The molecule has 22 heavy (non-hydrogen) atoms. The Morgan fingerprint density at radius 2 is 1.91 bits per heavy atom. The maximum atomic E-state index is 12.8. The van der Waals surface area contributed by atoms with E-state index in [1.54, 1.807) is 6.07 Å². The highest BCUT2D eigenvalue weighted by Gasteiger charge is 2.10. The van der Waals surface area contributed by atoms with Crippen molar-refractivity contribution in [1.82, 2.24) is 5.32 Å². The van der Waals surface area contributed by atoms with Crippen LogP contribution >= 0.6 is 12.2 Å². The van der Waals surface area contributed by atoms with Gasteiger partial charge in [-0.1, -0.05) is 0 Å². The molecule has 0 aromatic heterocycles. The molecule has 0 aliphatic rings. The molecule has 0 atom stereocenters. The summed E-state index contributed by atoms with van der Waals surface area (Å²) >= 11 is 5.01. The highest BCUT2D eigenvalue weighted by molar-refractivity contribution is 7.80. The Hall–Kier alpha value is -2.67. The summed E-state index contributed by atoms with van der Waals surface area (Å²) in [5, 5.41) is 14.9. The average molecular weight is 320 g/mol. The van der Waals surface area contributed by atoms with Crippen LogP contribution < -0.4 is 15.4 Å². The SMILES string of the molecule is COc1ccc(O)c(NC(=S)NC(=O)c2ccc(F)cc2)c1. The van der Waals surface area contributed by atoms with Crippen molar-refractivity contribution in [2.45, 2.75) is 0 Å². The van der Waals surface area contributed by atoms with Crippen molar-refractivity contribution < 1.29 is 19.0 Å². The van der Waals surface area contributed by atoms with Crippen LogP contribution in [0.25, 0.3) is 0 Å². The second kappa shape index (κ2) is 6.86. The quantitative estimate of drug-likeness (QED) is 0.599. The molecule has 0 saturated carbocycles. The monoisotopic (exact) mass is 320 g/mol. The topological polar surface area (TPSA) is 70.6 Å². The van der Waals surface area contributed by atoms with Crippen molar-refractivity contribution in [2.75, 3.05) is 12.4 Å². The number of phenolic OH excluding ortho intramolecular Hbond substituents is 1. The Bertz CT molecular complexity index is 704. The number of phenols is 1. The van der Waals surface area contributed by atoms with Crippen molar-refractivity contribution in [2.24, 2.45) is 0 Å². The molecule has 0 fully saturated rings. The number of ether oxygens (including phenoxy) is 1. The van der Waals surface area contributed by atoms with E-state index in [0.717, 1.165) is 0 Å². The second-order valence-electron chi connectivity index (χ2n) is 4.30. The third-order valence-corrected chi connectivity index (χ3v) is 2.99. The van der Waals surface area contributed by atoms with E-state index < -0.39 is 11.7 Å². The van der Waals surface area contributed by atoms with Gasteiger partial charge in [0.05, 0.1) is 12.8 Å². The third-order valence-electron chi connectivity index (χ3n) is 2.79. The smallest absolute Gasteiger partial charge is 0.257 e. The Kier molecular flexibility index (Phi) is 4.90. The van der Waals surface area contributed by atoms with Crippen molar-refractivity contribution in [3.8, 4) is 11.5 Å². The molecule has 2 aromatic carbocycles. The van der Waals surface area contributed by atoms with Crippen molar-refractivity contribution in [1.29, 1.82) is 0 Å². The number of halogens is 1. The van der Waals surface area contributed by atoms with E-state index >= 15 is 0 Å². The molecular weight excluding hydrogens is 307 g/mol. The zero-order chi connectivity index (χ0) is 16.1. The van der Waals surface area contributed by atoms with Gasteiger partial charge in [-0.05, 0) is 48.6 Å². The fourth-order valence-electron chi connectivity index (χ4n) is 1.67. The normalized spacial score (nSPS) is 9.91. The van der Waals surface area contributed by atoms with Gasteiger partial charge >= 0.3 is 0 Å². The summed E-state index contributed by atoms with van der Waals surface area (Å²) in [5.41, 5.74) is 0.559. The molecule has 0 spiro atoms. The van der Waals surface area contributed by atoms with Crippen LogP contribution in [0.15, 0.2) is 42.5 Å². The van der Waals surface area contributed by atoms with E-state index in [1.165, 1.54) is 43.5 Å². The molecule has 0 aliphatic carbocycles. The van der Waals surface area contributed by atoms with Crippen LogP contribution in [0.5, 0.6) is 11.5 Å². The van der Waals surface area contributed by atoms with Gasteiger partial charge in [0.25, 0.3) is 5.91 Å². The van der Waals surface area contributed by atoms with Crippen LogP contribution in [0.2, 0.25) is 0 Å². The number of benzene rings is 2. The summed E-state index contributed by atoms with van der Waals surface area (Å²) in [6.07, 6.45) is 0. The fourth-order valence-corrected chi connectivity index (χ4v) is 1.88. The van der Waals surface area contributed by atoms with Crippen molar-refractivity contribution in [3.05, 3.63) is 53.8 Å². The molecule has 0 aliphatic heterocycles. The number of hydrogen-bond acceptors (Lipinski definition) is 4. The second-order valence-corrected chi connectivity index (χ2v) is 4.71. The maximum Gasteiger partial charge on any atom is 0.257 e. The van der Waals surface area contributed by atoms with Gasteiger partial charge in [-0.2, -0.15) is 0 Å². The summed E-state index contributed by atoms with van der Waals surface area (Å²) in [7, 11) is 1.49. The van der Waals surface area contributed by atoms with Gasteiger partial charge in [0, 0.05) is 11.6 Å². The van der Waals surface area contributed by atoms with E-state index in [2.05, 4.69) is 10.6 Å². The molecule has 0 saturated heterocycles. The van der Waals surface area contributed by atoms with Crippen LogP contribution in [0.1, 0.15) is 10.4 Å². The predicted octanol–water partition coefficient (Wildman–Crippen LogP) is 2.67. The van der Waals surface area contributed by atoms with E-state index in [4.69, 9.17) is 17.0 Å². The summed E-state index contributed by atoms with van der Waals surface area (Å²) < 4.78 is 17.8. The van der Waals surface area contributed by atoms with Gasteiger partial charge in [-0.15, -0.1) is 0 Å². The van der Waals surface area contributed by atoms with Gasteiger partial charge in [-0.3, -0.25) is 10.1 Å². The standard InChI is InChI=1S/C15H13FN2O3S/c1-21-11-6-7-13(19)12(8-11)17-15(22)18-14(20)9-2-4-10(16)5-3-9/h2-8,19H,1H3,(H2,17,18,20,22). The van der Waals surface area contributed by atoms with Crippen LogP contribution in [0, 0.1) is 5.82 Å². The lowest BCUT2D eigenvalue weighted by Gasteiger charge is -2.12. The first-order valence-electron chi connectivity index (χ1n) is 6.24. The minimum Gasteiger partial charge on any atom is -0.506 e. The van der Waals surface area contributed by atoms with Gasteiger partial charge < -0.3 is 15.2 Å². The number of rotatable bonds is 3. The minimum atomic E-state index is -0.486. The van der Waals surface area contributed by atoms with Crippen LogP contribution in [0.4, 0.5) is 10.1 Å². The summed E-state index contributed by atoms with van der Waals surface area (Å²) in [6.45, 7) is 0. The molecule has 114 valence electrons. The molecule has 0 heterocycles. The van der Waals surface area contributed by atoms with E-state index in [1.807, 2.05) is 0 Å². The Morgan fingerprint density at radius 3 is 2.55 bits per heavy atom. The van der Waals surface area contributed by atoms with E-state index in [0.29, 0.717) is 11.4 Å². The molecule has 0 unspecified atom stereocenters. The predicted molar refractivity (Wildman–Crippen MR) is 84.7 cm³/mol. The number of thiocarbonyl (C=S) groups is 1. The Labute approximate surface area is 131 Å². The molecule has 2 aromatic rings. The molecule has 3 N–H and O–H groups in total. The largest absolute Gasteiger partial charge is 0.506 e. The number of nitrogens with one attached hydrogen (secondary N) is 2. The summed E-state index contributed by atoms with van der Waals surface area (Å²) in [6, 6.07) is 9.60. The number of methoxy groups -OCH3 is 1. The molecule has 0 radical (unpaired) electrons. The van der Waals surface area contributed by atoms with Crippen LogP contribution in [0.3, 0.4) is 0 Å². The number of carbonyl (C=O) groups excluding carboxylic acids is 1. The van der Waals surface area contributed by atoms with Crippen LogP contribution in [-0.2, 0) is 0 Å². The molecular formula is C15H13FN2O3S. The highest BCUT2D eigenvalue weighted by Crippen LogP contribution is 2.27. The molecule has 5 nitrogen and oxygen atoms in total. The Morgan fingerprint density at radius 1 is 1.23 bits per heavy atom. The number of hydrogen-bond donors (Lipinski definition) is 3. The number of carbonyl (C=O) groups is 1. The van der Waals surface area contributed by atoms with Crippen molar-refractivity contribution in [3.63, 3.8) is 0 Å². The van der Waals surface area contributed by atoms with Gasteiger partial charge in [0.2, 0.25) is 0 Å². The lowest BCUT2D eigenvalue weighted by Crippen LogP contribution is -2.34. The summed E-state index contributed by atoms with van der Waals surface area (Å²) in [4.78, 5) is 11.9. The zero-order valence-corrected chi connectivity index (χ0v) is 12.4. The first-order chi connectivity index (χ1) is 10.5. The van der Waals surface area contributed by atoms with Gasteiger partial charge in [0.15, 0.2) is 5.11 Å². The molecule has 7 heteroatoms. The van der Waals surface area contributed by atoms with E-state index in [-0.39, 0.29) is 16.4 Å². The highest BCUT2D eigenvalue weighted by atomic mass is 32.1. The number of amides is 1. The van der Waals surface area contributed by atoms with Gasteiger partial charge in [-0.25, -0.2) is 4.39 Å². The van der Waals surface area contributed by atoms with Gasteiger partial charge in [0.1, 0.15) is 17.3 Å². The molecule has 1 amide bonds. The van der Waals surface area contributed by atoms with Crippen molar-refractivity contribution >= 4 is 28.9 Å². The number of anilines is 1. The lowest BCUT2D eigenvalue weighted by molar-refractivity contribution is 0.0977. The molecule has 2 rings (SSSR count). The first kappa shape index (κ1) is 15.7.